The molecule has 0 unspecified atom stereocenters. The molecule has 0 aliphatic carbocycles. The number of oxazole rings is 1. The molecule has 9 heteroatoms. The van der Waals surface area contributed by atoms with Crippen LogP contribution in [0.2, 0.25) is 0 Å². The molecule has 0 saturated heterocycles. The molecule has 4 aromatic rings. The first kappa shape index (κ1) is 22.0. The summed E-state index contributed by atoms with van der Waals surface area (Å²) in [6, 6.07) is 19.3. The van der Waals surface area contributed by atoms with E-state index in [0.717, 1.165) is 10.0 Å². The molecule has 0 atom stereocenters. The lowest BCUT2D eigenvalue weighted by molar-refractivity contribution is 0.414. The average molecular weight is 517 g/mol. The first-order valence-corrected chi connectivity index (χ1v) is 11.8. The van der Waals surface area contributed by atoms with E-state index in [1.54, 1.807) is 37.4 Å². The molecule has 32 heavy (non-hydrogen) atoms. The van der Waals surface area contributed by atoms with Gasteiger partial charge in [0.1, 0.15) is 11.6 Å². The summed E-state index contributed by atoms with van der Waals surface area (Å²) in [6.45, 7) is 0.263. The number of rotatable bonds is 7. The van der Waals surface area contributed by atoms with Crippen LogP contribution < -0.4 is 10.1 Å². The molecule has 164 valence electrons. The molecule has 0 spiro atoms. The van der Waals surface area contributed by atoms with Crippen molar-refractivity contribution in [3.8, 4) is 17.2 Å². The molecule has 0 amide bonds. The summed E-state index contributed by atoms with van der Waals surface area (Å²) < 4.78 is 52.5. The monoisotopic (exact) mass is 516 g/mol. The van der Waals surface area contributed by atoms with Crippen molar-refractivity contribution in [1.82, 2.24) is 4.98 Å². The van der Waals surface area contributed by atoms with Gasteiger partial charge in [-0.25, -0.2) is 12.8 Å². The number of halogens is 2. The number of anilines is 1. The minimum atomic E-state index is -4.03. The first-order valence-electron chi connectivity index (χ1n) is 9.51. The van der Waals surface area contributed by atoms with Crippen molar-refractivity contribution >= 4 is 31.7 Å². The van der Waals surface area contributed by atoms with E-state index < -0.39 is 15.7 Å². The van der Waals surface area contributed by atoms with Gasteiger partial charge in [-0.15, -0.1) is 0 Å². The molecule has 0 saturated carbocycles. The molecule has 3 aromatic carbocycles. The topological polar surface area (TPSA) is 81.4 Å². The maximum absolute atomic E-state index is 14.3. The number of sulfone groups is 1. The van der Waals surface area contributed by atoms with Crippen molar-refractivity contribution < 1.29 is 22.0 Å². The fraction of sp³-hybridized carbons (Fsp3) is 0.0870. The fourth-order valence-electron chi connectivity index (χ4n) is 3.00. The highest BCUT2D eigenvalue weighted by Crippen LogP contribution is 2.34. The average Bonchev–Trinajstić information content (AvgIpc) is 3.23. The zero-order valence-corrected chi connectivity index (χ0v) is 19.3. The van der Waals surface area contributed by atoms with Crippen LogP contribution in [0.4, 0.5) is 10.3 Å². The van der Waals surface area contributed by atoms with Crippen molar-refractivity contribution in [1.29, 1.82) is 0 Å². The number of aromatic nitrogens is 1. The standard InChI is InChI=1S/C23H18BrFN2O4S/c1-30-17-10-6-15(7-11-17)14-26-22-23(32(28,29)18-12-8-16(24)9-13-18)27-21(31-22)19-4-2-3-5-20(19)25/h2-13,26H,14H2,1H3. The maximum atomic E-state index is 14.3. The first-order chi connectivity index (χ1) is 15.4. The molecule has 4 rings (SSSR count). The number of hydrogen-bond donors (Lipinski definition) is 1. The highest BCUT2D eigenvalue weighted by atomic mass is 79.9. The van der Waals surface area contributed by atoms with E-state index >= 15 is 0 Å². The Kier molecular flexibility index (Phi) is 6.29. The van der Waals surface area contributed by atoms with Crippen molar-refractivity contribution in [2.24, 2.45) is 0 Å². The van der Waals surface area contributed by atoms with Gasteiger partial charge in [-0.2, -0.15) is 4.98 Å². The van der Waals surface area contributed by atoms with Gasteiger partial charge in [0, 0.05) is 11.0 Å². The minimum Gasteiger partial charge on any atom is -0.497 e. The predicted molar refractivity (Wildman–Crippen MR) is 122 cm³/mol. The van der Waals surface area contributed by atoms with Gasteiger partial charge in [-0.3, -0.25) is 0 Å². The molecular weight excluding hydrogens is 499 g/mol. The SMILES string of the molecule is COc1ccc(CNc2oc(-c3ccccc3F)nc2S(=O)(=O)c2ccc(Br)cc2)cc1. The lowest BCUT2D eigenvalue weighted by Crippen LogP contribution is -2.07. The number of methoxy groups -OCH3 is 1. The number of nitrogens with one attached hydrogen (secondary N) is 1. The second-order valence-corrected chi connectivity index (χ2v) is 9.57. The Bertz CT molecular complexity index is 1340. The summed E-state index contributed by atoms with van der Waals surface area (Å²) in [6.07, 6.45) is 0. The smallest absolute Gasteiger partial charge is 0.234 e. The van der Waals surface area contributed by atoms with E-state index in [-0.39, 0.29) is 33.8 Å². The van der Waals surface area contributed by atoms with E-state index in [2.05, 4.69) is 26.2 Å². The Balaban J connectivity index is 1.74. The molecule has 0 radical (unpaired) electrons. The van der Waals surface area contributed by atoms with Crippen LogP contribution >= 0.6 is 15.9 Å². The normalized spacial score (nSPS) is 11.3. The summed E-state index contributed by atoms with van der Waals surface area (Å²) in [5.74, 6) is -0.0604. The van der Waals surface area contributed by atoms with E-state index in [1.807, 2.05) is 12.1 Å². The summed E-state index contributed by atoms with van der Waals surface area (Å²) in [5, 5.41) is 2.67. The second kappa shape index (κ2) is 9.13. The van der Waals surface area contributed by atoms with Gasteiger partial charge in [-0.1, -0.05) is 40.2 Å². The molecule has 1 N–H and O–H groups in total. The second-order valence-electron chi connectivity index (χ2n) is 6.79. The van der Waals surface area contributed by atoms with Gasteiger partial charge in [0.2, 0.25) is 26.6 Å². The van der Waals surface area contributed by atoms with Gasteiger partial charge in [-0.05, 0) is 54.1 Å². The van der Waals surface area contributed by atoms with Crippen LogP contribution in [-0.2, 0) is 16.4 Å². The number of hydrogen-bond acceptors (Lipinski definition) is 6. The van der Waals surface area contributed by atoms with Crippen LogP contribution in [0.25, 0.3) is 11.5 Å². The number of ether oxygens (including phenoxy) is 1. The quantitative estimate of drug-likeness (QED) is 0.339. The number of benzene rings is 3. The highest BCUT2D eigenvalue weighted by molar-refractivity contribution is 9.10. The summed E-state index contributed by atoms with van der Waals surface area (Å²) >= 11 is 3.29. The number of nitrogens with zero attached hydrogens (tertiary/aromatic N) is 1. The van der Waals surface area contributed by atoms with Crippen molar-refractivity contribution in [3.63, 3.8) is 0 Å². The van der Waals surface area contributed by atoms with Crippen LogP contribution in [0.5, 0.6) is 5.75 Å². The van der Waals surface area contributed by atoms with E-state index in [1.165, 1.54) is 30.3 Å². The molecule has 1 heterocycles. The highest BCUT2D eigenvalue weighted by Gasteiger charge is 2.29. The van der Waals surface area contributed by atoms with Crippen LogP contribution in [0.1, 0.15) is 5.56 Å². The van der Waals surface area contributed by atoms with Gasteiger partial charge in [0.15, 0.2) is 0 Å². The Morgan fingerprint density at radius 2 is 1.72 bits per heavy atom. The predicted octanol–water partition coefficient (Wildman–Crippen LogP) is 5.70. The van der Waals surface area contributed by atoms with Crippen LogP contribution in [0.15, 0.2) is 91.6 Å². The molecule has 6 nitrogen and oxygen atoms in total. The molecule has 0 fully saturated rings. The zero-order valence-electron chi connectivity index (χ0n) is 16.9. The Labute approximate surface area is 193 Å². The molecule has 1 aromatic heterocycles. The Morgan fingerprint density at radius 1 is 1.03 bits per heavy atom. The largest absolute Gasteiger partial charge is 0.497 e. The zero-order chi connectivity index (χ0) is 22.7. The summed E-state index contributed by atoms with van der Waals surface area (Å²) in [7, 11) is -2.46. The Hall–Kier alpha value is -3.17. The third-order valence-corrected chi connectivity index (χ3v) is 6.90. The molecule has 0 aliphatic heterocycles. The molecular formula is C23H18BrFN2O4S. The van der Waals surface area contributed by atoms with Crippen LogP contribution in [0, 0.1) is 5.82 Å². The fourth-order valence-corrected chi connectivity index (χ4v) is 4.54. The molecule has 0 aliphatic rings. The lowest BCUT2D eigenvalue weighted by atomic mass is 10.2. The van der Waals surface area contributed by atoms with Crippen LogP contribution in [-0.4, -0.2) is 20.5 Å². The van der Waals surface area contributed by atoms with E-state index in [4.69, 9.17) is 9.15 Å². The maximum Gasteiger partial charge on any atom is 0.234 e. The summed E-state index contributed by atoms with van der Waals surface area (Å²) in [4.78, 5) is 4.21. The minimum absolute atomic E-state index is 0.0431. The van der Waals surface area contributed by atoms with Crippen LogP contribution in [0.3, 0.4) is 0 Å². The third-order valence-electron chi connectivity index (χ3n) is 4.69. The van der Waals surface area contributed by atoms with E-state index in [0.29, 0.717) is 5.75 Å². The van der Waals surface area contributed by atoms with Crippen molar-refractivity contribution in [3.05, 3.63) is 88.6 Å². The molecule has 0 bridgehead atoms. The van der Waals surface area contributed by atoms with E-state index in [9.17, 15) is 12.8 Å². The van der Waals surface area contributed by atoms with Gasteiger partial charge in [0.05, 0.1) is 17.6 Å². The Morgan fingerprint density at radius 3 is 2.38 bits per heavy atom. The lowest BCUT2D eigenvalue weighted by Gasteiger charge is -2.07. The summed E-state index contributed by atoms with van der Waals surface area (Å²) in [5.41, 5.74) is 0.930. The van der Waals surface area contributed by atoms with Gasteiger partial charge in [0.25, 0.3) is 0 Å². The van der Waals surface area contributed by atoms with Crippen molar-refractivity contribution in [2.45, 2.75) is 16.5 Å². The van der Waals surface area contributed by atoms with Gasteiger partial charge >= 0.3 is 0 Å². The third kappa shape index (κ3) is 4.53. The van der Waals surface area contributed by atoms with Gasteiger partial charge < -0.3 is 14.5 Å². The van der Waals surface area contributed by atoms with Crippen molar-refractivity contribution in [2.75, 3.05) is 12.4 Å².